The maximum Gasteiger partial charge on any atom is 0.167 e. The number of likely N-dealkylation sites (N-methyl/N-ethyl adjacent to an activating group) is 1. The number of fused-ring (bicyclic) bond motifs is 8. The SMILES string of the molecule is COc1c(C)c(OC)c(OC)c2c1C[C@H]1[C@@H]3OC[C@@H]4c5c(c(OC)c(C)c(OC)c5OC)C[C@@H]([C@@H]2N1C)N43. The topological polar surface area (TPSA) is 71.1 Å². The first-order valence-corrected chi connectivity index (χ1v) is 13.1. The van der Waals surface area contributed by atoms with Gasteiger partial charge in [-0.05, 0) is 33.7 Å². The second-order valence-corrected chi connectivity index (χ2v) is 10.6. The van der Waals surface area contributed by atoms with Gasteiger partial charge >= 0.3 is 0 Å². The summed E-state index contributed by atoms with van der Waals surface area (Å²) in [4.78, 5) is 5.04. The molecule has 0 saturated carbocycles. The van der Waals surface area contributed by atoms with Crippen molar-refractivity contribution in [1.29, 1.82) is 0 Å². The second kappa shape index (κ2) is 9.10. The van der Waals surface area contributed by atoms with Crippen LogP contribution in [0.25, 0.3) is 0 Å². The molecule has 4 aliphatic heterocycles. The molecular formula is C29H38N2O7. The normalized spacial score (nSPS) is 27.2. The Morgan fingerprint density at radius 2 is 1.11 bits per heavy atom. The highest BCUT2D eigenvalue weighted by molar-refractivity contribution is 5.67. The zero-order chi connectivity index (χ0) is 27.0. The highest BCUT2D eigenvalue weighted by Crippen LogP contribution is 2.60. The fourth-order valence-electron chi connectivity index (χ4n) is 7.90. The van der Waals surface area contributed by atoms with Crippen molar-refractivity contribution in [3.05, 3.63) is 33.4 Å². The van der Waals surface area contributed by atoms with Crippen molar-refractivity contribution in [2.24, 2.45) is 0 Å². The van der Waals surface area contributed by atoms with E-state index in [1.54, 1.807) is 42.7 Å². The van der Waals surface area contributed by atoms with E-state index >= 15 is 0 Å². The van der Waals surface area contributed by atoms with E-state index in [-0.39, 0.29) is 30.4 Å². The Hall–Kier alpha value is -2.88. The molecule has 2 saturated heterocycles. The van der Waals surface area contributed by atoms with Crippen molar-refractivity contribution >= 4 is 0 Å². The summed E-state index contributed by atoms with van der Waals surface area (Å²) in [6, 6.07) is 0.320. The molecule has 38 heavy (non-hydrogen) atoms. The fraction of sp³-hybridized carbons (Fsp3) is 0.586. The smallest absolute Gasteiger partial charge is 0.167 e. The van der Waals surface area contributed by atoms with Gasteiger partial charge in [0, 0.05) is 39.4 Å². The van der Waals surface area contributed by atoms with Crippen LogP contribution in [-0.2, 0) is 17.6 Å². The molecule has 0 aromatic heterocycles. The highest BCUT2D eigenvalue weighted by Gasteiger charge is 2.59. The molecule has 0 unspecified atom stereocenters. The lowest BCUT2D eigenvalue weighted by Crippen LogP contribution is -2.66. The molecule has 4 aliphatic rings. The van der Waals surface area contributed by atoms with Gasteiger partial charge in [0.1, 0.15) is 17.7 Å². The summed E-state index contributed by atoms with van der Waals surface area (Å²) in [5.74, 6) is 4.73. The van der Waals surface area contributed by atoms with Crippen LogP contribution in [0.15, 0.2) is 0 Å². The average Bonchev–Trinajstić information content (AvgIpc) is 3.35. The van der Waals surface area contributed by atoms with Gasteiger partial charge in [-0.3, -0.25) is 9.80 Å². The average molecular weight is 527 g/mol. The summed E-state index contributed by atoms with van der Waals surface area (Å²) in [7, 11) is 12.5. The standard InChI is InChI=1S/C29H38N2O7/c1-13-23(32-4)15-10-17-22-21-16(24(33-5)14(2)26(35-7)28(21)37-9)11-18(30(22)3)29-31(17)19(12-38-29)20(15)27(36-8)25(13)34-6/h17-19,22,29H,10-12H2,1-9H3/t17-,18-,19+,22-,29-/m0/s1. The number of ether oxygens (including phenoxy) is 7. The van der Waals surface area contributed by atoms with Crippen molar-refractivity contribution in [3.8, 4) is 34.5 Å². The van der Waals surface area contributed by atoms with E-state index in [0.29, 0.717) is 6.61 Å². The predicted octanol–water partition coefficient (Wildman–Crippen LogP) is 3.59. The third kappa shape index (κ3) is 3.03. The zero-order valence-electron chi connectivity index (χ0n) is 23.8. The number of nitrogens with zero attached hydrogens (tertiary/aromatic N) is 2. The molecule has 4 heterocycles. The summed E-state index contributed by atoms with van der Waals surface area (Å²) in [6.45, 7) is 4.64. The van der Waals surface area contributed by atoms with Gasteiger partial charge < -0.3 is 33.2 Å². The molecule has 2 aromatic carbocycles. The van der Waals surface area contributed by atoms with Gasteiger partial charge in [-0.1, -0.05) is 0 Å². The van der Waals surface area contributed by atoms with E-state index in [2.05, 4.69) is 16.8 Å². The number of benzene rings is 2. The molecule has 6 rings (SSSR count). The molecule has 2 aromatic rings. The molecule has 2 bridgehead atoms. The molecule has 0 radical (unpaired) electrons. The minimum absolute atomic E-state index is 0.0209. The van der Waals surface area contributed by atoms with E-state index in [0.717, 1.165) is 75.2 Å². The van der Waals surface area contributed by atoms with Gasteiger partial charge in [-0.25, -0.2) is 0 Å². The number of methoxy groups -OCH3 is 6. The van der Waals surface area contributed by atoms with Crippen molar-refractivity contribution < 1.29 is 33.2 Å². The van der Waals surface area contributed by atoms with Gasteiger partial charge in [-0.2, -0.15) is 0 Å². The van der Waals surface area contributed by atoms with Crippen LogP contribution >= 0.6 is 0 Å². The van der Waals surface area contributed by atoms with Crippen LogP contribution in [0.3, 0.4) is 0 Å². The number of rotatable bonds is 6. The molecule has 0 aliphatic carbocycles. The second-order valence-electron chi connectivity index (χ2n) is 10.6. The Morgan fingerprint density at radius 3 is 1.63 bits per heavy atom. The third-order valence-corrected chi connectivity index (χ3v) is 9.26. The zero-order valence-corrected chi connectivity index (χ0v) is 23.8. The number of hydrogen-bond donors (Lipinski definition) is 0. The number of piperazine rings is 1. The van der Waals surface area contributed by atoms with Crippen LogP contribution in [0.2, 0.25) is 0 Å². The first-order chi connectivity index (χ1) is 18.4. The first kappa shape index (κ1) is 25.4. The predicted molar refractivity (Wildman–Crippen MR) is 141 cm³/mol. The van der Waals surface area contributed by atoms with Gasteiger partial charge in [-0.15, -0.1) is 0 Å². The van der Waals surface area contributed by atoms with Crippen molar-refractivity contribution in [1.82, 2.24) is 9.80 Å². The molecule has 0 amide bonds. The maximum atomic E-state index is 6.63. The monoisotopic (exact) mass is 526 g/mol. The van der Waals surface area contributed by atoms with Crippen molar-refractivity contribution in [2.75, 3.05) is 56.3 Å². The Bertz CT molecular complexity index is 1300. The summed E-state index contributed by atoms with van der Waals surface area (Å²) in [5, 5.41) is 0. The van der Waals surface area contributed by atoms with E-state index < -0.39 is 0 Å². The minimum Gasteiger partial charge on any atom is -0.496 e. The van der Waals surface area contributed by atoms with Crippen molar-refractivity contribution in [2.45, 2.75) is 57.1 Å². The van der Waals surface area contributed by atoms with Gasteiger partial charge in [0.25, 0.3) is 0 Å². The van der Waals surface area contributed by atoms with Crippen LogP contribution in [0.5, 0.6) is 34.5 Å². The van der Waals surface area contributed by atoms with E-state index in [1.165, 1.54) is 5.56 Å². The third-order valence-electron chi connectivity index (χ3n) is 9.26. The van der Waals surface area contributed by atoms with Crippen LogP contribution < -0.4 is 28.4 Å². The quantitative estimate of drug-likeness (QED) is 0.562. The van der Waals surface area contributed by atoms with Crippen molar-refractivity contribution in [3.63, 3.8) is 0 Å². The Kier molecular flexibility index (Phi) is 6.09. The van der Waals surface area contributed by atoms with Crippen LogP contribution in [-0.4, -0.2) is 84.4 Å². The molecule has 2 fully saturated rings. The van der Waals surface area contributed by atoms with Gasteiger partial charge in [0.2, 0.25) is 0 Å². The highest BCUT2D eigenvalue weighted by atomic mass is 16.5. The molecule has 5 atom stereocenters. The lowest BCUT2D eigenvalue weighted by Gasteiger charge is -2.58. The first-order valence-electron chi connectivity index (χ1n) is 13.1. The van der Waals surface area contributed by atoms with Crippen LogP contribution in [0.4, 0.5) is 0 Å². The van der Waals surface area contributed by atoms with Gasteiger partial charge in [0.15, 0.2) is 23.0 Å². The molecule has 206 valence electrons. The van der Waals surface area contributed by atoms with E-state index in [9.17, 15) is 0 Å². The number of hydrogen-bond acceptors (Lipinski definition) is 9. The van der Waals surface area contributed by atoms with Crippen LogP contribution in [0.1, 0.15) is 45.5 Å². The summed E-state index contributed by atoms with van der Waals surface area (Å²) >= 11 is 0. The summed E-state index contributed by atoms with van der Waals surface area (Å²) in [5.41, 5.74) is 6.49. The van der Waals surface area contributed by atoms with E-state index in [4.69, 9.17) is 33.2 Å². The lowest BCUT2D eigenvalue weighted by molar-refractivity contribution is -0.131. The summed E-state index contributed by atoms with van der Waals surface area (Å²) in [6.07, 6.45) is 1.49. The maximum absolute atomic E-state index is 6.63. The summed E-state index contributed by atoms with van der Waals surface area (Å²) < 4.78 is 42.5. The fourth-order valence-corrected chi connectivity index (χ4v) is 7.90. The molecule has 9 nitrogen and oxygen atoms in total. The van der Waals surface area contributed by atoms with E-state index in [1.807, 2.05) is 13.8 Å². The Morgan fingerprint density at radius 1 is 0.632 bits per heavy atom. The molecule has 9 heteroatoms. The lowest BCUT2D eigenvalue weighted by atomic mass is 9.73. The minimum atomic E-state index is -0.0614. The molecule has 0 N–H and O–H groups in total. The van der Waals surface area contributed by atoms with Gasteiger partial charge in [0.05, 0.1) is 67.4 Å². The largest absolute Gasteiger partial charge is 0.496 e. The van der Waals surface area contributed by atoms with Crippen LogP contribution in [0, 0.1) is 13.8 Å². The Labute approximate surface area is 224 Å². The molecular weight excluding hydrogens is 488 g/mol. The molecule has 0 spiro atoms. The Balaban J connectivity index is 1.62.